The van der Waals surface area contributed by atoms with E-state index in [1.54, 1.807) is 13.8 Å². The molecule has 1 aromatic carbocycles. The van der Waals surface area contributed by atoms with Crippen LogP contribution < -0.4 is 5.73 Å². The fourth-order valence-corrected chi connectivity index (χ4v) is 4.31. The summed E-state index contributed by atoms with van der Waals surface area (Å²) in [7, 11) is -3.77. The molecule has 1 aromatic rings. The lowest BCUT2D eigenvalue weighted by atomic mass is 10.3. The van der Waals surface area contributed by atoms with E-state index in [4.69, 9.17) is 28.9 Å². The summed E-state index contributed by atoms with van der Waals surface area (Å²) in [5, 5.41) is 0.0373. The standard InChI is InChI=1S/C12H16Cl2N2O2S/c1-4-16(7-8(2)3)19(17,18)12-10(13)5-9(15)6-11(12)14/h5-6H,2,4,7,15H2,1,3H3. The van der Waals surface area contributed by atoms with Gasteiger partial charge >= 0.3 is 0 Å². The minimum absolute atomic E-state index is 0.0187. The number of benzene rings is 1. The Hall–Kier alpha value is -0.750. The van der Waals surface area contributed by atoms with Crippen LogP contribution in [0, 0.1) is 0 Å². The molecule has 0 aliphatic carbocycles. The predicted molar refractivity (Wildman–Crippen MR) is 80.1 cm³/mol. The molecule has 0 amide bonds. The third-order valence-electron chi connectivity index (χ3n) is 2.42. The van der Waals surface area contributed by atoms with Gasteiger partial charge in [-0.05, 0) is 19.1 Å². The summed E-state index contributed by atoms with van der Waals surface area (Å²) in [5.41, 5.74) is 6.62. The topological polar surface area (TPSA) is 63.4 Å². The summed E-state index contributed by atoms with van der Waals surface area (Å²) in [6, 6.07) is 2.74. The number of halogens is 2. The normalized spacial score (nSPS) is 11.8. The molecule has 0 saturated carbocycles. The van der Waals surface area contributed by atoms with Crippen molar-refractivity contribution in [2.45, 2.75) is 18.7 Å². The minimum Gasteiger partial charge on any atom is -0.399 e. The van der Waals surface area contributed by atoms with Crippen LogP contribution >= 0.6 is 23.2 Å². The van der Waals surface area contributed by atoms with Crippen molar-refractivity contribution >= 4 is 38.9 Å². The highest BCUT2D eigenvalue weighted by molar-refractivity contribution is 7.89. The first-order chi connectivity index (χ1) is 8.70. The van der Waals surface area contributed by atoms with Crippen LogP contribution in [0.3, 0.4) is 0 Å². The molecule has 0 fully saturated rings. The van der Waals surface area contributed by atoms with Gasteiger partial charge in [0.1, 0.15) is 4.90 Å². The van der Waals surface area contributed by atoms with Crippen LogP contribution in [-0.4, -0.2) is 25.8 Å². The zero-order chi connectivity index (χ0) is 14.8. The number of anilines is 1. The Labute approximate surface area is 123 Å². The Kier molecular flexibility index (Phi) is 5.26. The lowest BCUT2D eigenvalue weighted by Gasteiger charge is -2.22. The third kappa shape index (κ3) is 3.63. The van der Waals surface area contributed by atoms with Gasteiger partial charge in [0.15, 0.2) is 0 Å². The molecule has 0 spiro atoms. The van der Waals surface area contributed by atoms with Gasteiger partial charge < -0.3 is 5.73 Å². The van der Waals surface area contributed by atoms with Gasteiger partial charge in [0.05, 0.1) is 10.0 Å². The molecule has 19 heavy (non-hydrogen) atoms. The number of rotatable bonds is 5. The summed E-state index contributed by atoms with van der Waals surface area (Å²) in [6.45, 7) is 7.72. The van der Waals surface area contributed by atoms with Crippen molar-refractivity contribution < 1.29 is 8.42 Å². The molecule has 1 rings (SSSR count). The Balaban J connectivity index is 3.38. The van der Waals surface area contributed by atoms with Crippen molar-refractivity contribution in [3.8, 4) is 0 Å². The highest BCUT2D eigenvalue weighted by Gasteiger charge is 2.28. The smallest absolute Gasteiger partial charge is 0.246 e. The number of sulfonamides is 1. The van der Waals surface area contributed by atoms with Gasteiger partial charge in [-0.3, -0.25) is 0 Å². The molecule has 0 aliphatic rings. The maximum absolute atomic E-state index is 12.5. The highest BCUT2D eigenvalue weighted by atomic mass is 35.5. The van der Waals surface area contributed by atoms with Gasteiger partial charge in [-0.25, -0.2) is 8.42 Å². The maximum atomic E-state index is 12.5. The molecule has 0 bridgehead atoms. The van der Waals surface area contributed by atoms with E-state index in [9.17, 15) is 8.42 Å². The zero-order valence-corrected chi connectivity index (χ0v) is 13.1. The van der Waals surface area contributed by atoms with E-state index in [0.29, 0.717) is 12.2 Å². The van der Waals surface area contributed by atoms with Crippen LogP contribution in [0.15, 0.2) is 29.2 Å². The lowest BCUT2D eigenvalue weighted by Crippen LogP contribution is -2.32. The van der Waals surface area contributed by atoms with Crippen molar-refractivity contribution in [2.24, 2.45) is 0 Å². The molecule has 0 unspecified atom stereocenters. The maximum Gasteiger partial charge on any atom is 0.246 e. The number of hydrogen-bond donors (Lipinski definition) is 1. The molecule has 0 radical (unpaired) electrons. The van der Waals surface area contributed by atoms with Crippen molar-refractivity contribution in [3.63, 3.8) is 0 Å². The van der Waals surface area contributed by atoms with E-state index in [2.05, 4.69) is 6.58 Å². The predicted octanol–water partition coefficient (Wildman–Crippen LogP) is 3.16. The molecule has 0 atom stereocenters. The van der Waals surface area contributed by atoms with Gasteiger partial charge in [-0.15, -0.1) is 0 Å². The Morgan fingerprint density at radius 3 is 2.21 bits per heavy atom. The van der Waals surface area contributed by atoms with Gasteiger partial charge in [-0.1, -0.05) is 42.3 Å². The van der Waals surface area contributed by atoms with E-state index in [1.165, 1.54) is 16.4 Å². The van der Waals surface area contributed by atoms with Crippen LogP contribution in [0.2, 0.25) is 10.0 Å². The van der Waals surface area contributed by atoms with E-state index in [1.807, 2.05) is 0 Å². The summed E-state index contributed by atoms with van der Waals surface area (Å²) in [5.74, 6) is 0. The van der Waals surface area contributed by atoms with E-state index < -0.39 is 10.0 Å². The van der Waals surface area contributed by atoms with Gasteiger partial charge in [0.2, 0.25) is 10.0 Å². The number of nitrogen functional groups attached to an aromatic ring is 1. The minimum atomic E-state index is -3.77. The van der Waals surface area contributed by atoms with Crippen molar-refractivity contribution in [3.05, 3.63) is 34.3 Å². The van der Waals surface area contributed by atoms with Crippen LogP contribution in [0.25, 0.3) is 0 Å². The van der Waals surface area contributed by atoms with Crippen LogP contribution in [0.5, 0.6) is 0 Å². The quantitative estimate of drug-likeness (QED) is 0.669. The Morgan fingerprint density at radius 1 is 1.37 bits per heavy atom. The summed E-state index contributed by atoms with van der Waals surface area (Å²) in [4.78, 5) is -0.117. The molecule has 2 N–H and O–H groups in total. The second-order valence-electron chi connectivity index (χ2n) is 4.20. The molecule has 0 saturated heterocycles. The van der Waals surface area contributed by atoms with Gasteiger partial charge in [-0.2, -0.15) is 4.31 Å². The average molecular weight is 323 g/mol. The largest absolute Gasteiger partial charge is 0.399 e. The van der Waals surface area contributed by atoms with Crippen molar-refractivity contribution in [1.82, 2.24) is 4.31 Å². The fourth-order valence-electron chi connectivity index (χ4n) is 1.62. The third-order valence-corrected chi connectivity index (χ3v) is 5.26. The summed E-state index contributed by atoms with van der Waals surface area (Å²) < 4.78 is 26.3. The van der Waals surface area contributed by atoms with Crippen LogP contribution in [0.1, 0.15) is 13.8 Å². The summed E-state index contributed by atoms with van der Waals surface area (Å²) in [6.07, 6.45) is 0. The lowest BCUT2D eigenvalue weighted by molar-refractivity contribution is 0.453. The molecule has 0 aromatic heterocycles. The number of nitrogens with two attached hydrogens (primary N) is 1. The second kappa shape index (κ2) is 6.13. The average Bonchev–Trinajstić information content (AvgIpc) is 2.23. The highest BCUT2D eigenvalue weighted by Crippen LogP contribution is 2.33. The van der Waals surface area contributed by atoms with Crippen LogP contribution in [-0.2, 0) is 10.0 Å². The molecule has 0 aliphatic heterocycles. The number of likely N-dealkylation sites (N-methyl/N-ethyl adjacent to an activating group) is 1. The SMILES string of the molecule is C=C(C)CN(CC)S(=O)(=O)c1c(Cl)cc(N)cc1Cl. The van der Waals surface area contributed by atoms with Crippen molar-refractivity contribution in [2.75, 3.05) is 18.8 Å². The summed E-state index contributed by atoms with van der Waals surface area (Å²) >= 11 is 11.9. The van der Waals surface area contributed by atoms with Gasteiger partial charge in [0, 0.05) is 18.8 Å². The Bertz CT molecular complexity index is 577. The molecule has 4 nitrogen and oxygen atoms in total. The zero-order valence-electron chi connectivity index (χ0n) is 10.8. The van der Waals surface area contributed by atoms with E-state index >= 15 is 0 Å². The molecule has 7 heteroatoms. The van der Waals surface area contributed by atoms with Gasteiger partial charge in [0.25, 0.3) is 0 Å². The number of nitrogens with zero attached hydrogens (tertiary/aromatic N) is 1. The van der Waals surface area contributed by atoms with E-state index in [-0.39, 0.29) is 21.5 Å². The van der Waals surface area contributed by atoms with Crippen molar-refractivity contribution in [1.29, 1.82) is 0 Å². The first kappa shape index (κ1) is 16.3. The Morgan fingerprint density at radius 2 is 1.84 bits per heavy atom. The second-order valence-corrected chi connectivity index (χ2v) is 6.89. The molecule has 106 valence electrons. The molecular formula is C12H16Cl2N2O2S. The molecule has 0 heterocycles. The monoisotopic (exact) mass is 322 g/mol. The first-order valence-electron chi connectivity index (χ1n) is 5.59. The van der Waals surface area contributed by atoms with Crippen LogP contribution in [0.4, 0.5) is 5.69 Å². The fraction of sp³-hybridized carbons (Fsp3) is 0.333. The molecular weight excluding hydrogens is 307 g/mol. The first-order valence-corrected chi connectivity index (χ1v) is 7.78. The number of hydrogen-bond acceptors (Lipinski definition) is 3. The van der Waals surface area contributed by atoms with E-state index in [0.717, 1.165) is 5.57 Å².